The van der Waals surface area contributed by atoms with Crippen molar-refractivity contribution in [3.05, 3.63) is 69.3 Å². The molecular formula is C28H26N4O4. The lowest BCUT2D eigenvalue weighted by Gasteiger charge is -1.96. The molecule has 3 aromatic heterocycles. The fourth-order valence-electron chi connectivity index (χ4n) is 4.81. The number of hydrogen-bond acceptors (Lipinski definition) is 4. The second kappa shape index (κ2) is 8.05. The minimum atomic E-state index is -1.10. The largest absolute Gasteiger partial charge is 0.478 e. The molecule has 4 N–H and O–H groups in total. The molecule has 8 nitrogen and oxygen atoms in total. The Morgan fingerprint density at radius 1 is 0.556 bits per heavy atom. The second-order valence-corrected chi connectivity index (χ2v) is 9.36. The van der Waals surface area contributed by atoms with Gasteiger partial charge in [-0.05, 0) is 99.2 Å². The summed E-state index contributed by atoms with van der Waals surface area (Å²) >= 11 is 0. The van der Waals surface area contributed by atoms with Crippen LogP contribution in [0.2, 0.25) is 0 Å². The lowest BCUT2D eigenvalue weighted by Crippen LogP contribution is -1.98. The van der Waals surface area contributed by atoms with Gasteiger partial charge in [0, 0.05) is 11.0 Å². The maximum Gasteiger partial charge on any atom is 0.338 e. The average Bonchev–Trinajstić information content (AvgIpc) is 3.45. The number of aryl methyl sites for hydroxylation is 2. The number of hydrogen-bond donors (Lipinski definition) is 4. The minimum absolute atomic E-state index is 0.0841. The van der Waals surface area contributed by atoms with Crippen molar-refractivity contribution in [2.45, 2.75) is 41.5 Å². The summed E-state index contributed by atoms with van der Waals surface area (Å²) in [6.45, 7) is 11.5. The van der Waals surface area contributed by atoms with Crippen molar-refractivity contribution >= 4 is 56.3 Å². The van der Waals surface area contributed by atoms with Crippen LogP contribution in [0.25, 0.3) is 44.4 Å². The first-order valence-corrected chi connectivity index (χ1v) is 11.6. The zero-order valence-electron chi connectivity index (χ0n) is 20.9. The number of carboxylic acids is 2. The molecule has 0 aromatic carbocycles. The van der Waals surface area contributed by atoms with Crippen molar-refractivity contribution in [3.63, 3.8) is 0 Å². The molecule has 0 unspecified atom stereocenters. The van der Waals surface area contributed by atoms with Gasteiger partial charge in [0.05, 0.1) is 44.9 Å². The van der Waals surface area contributed by atoms with Crippen molar-refractivity contribution < 1.29 is 19.8 Å². The zero-order chi connectivity index (χ0) is 26.0. The van der Waals surface area contributed by atoms with Gasteiger partial charge in [-0.3, -0.25) is 0 Å². The number of aromatic carboxylic acids is 2. The number of fused-ring (bicyclic) bond motifs is 8. The van der Waals surface area contributed by atoms with Gasteiger partial charge in [0.1, 0.15) is 0 Å². The maximum absolute atomic E-state index is 12.2. The van der Waals surface area contributed by atoms with E-state index in [1.54, 1.807) is 19.9 Å². The predicted molar refractivity (Wildman–Crippen MR) is 141 cm³/mol. The highest BCUT2D eigenvalue weighted by molar-refractivity contribution is 6.05. The molecule has 0 atom stereocenters. The van der Waals surface area contributed by atoms with E-state index in [1.807, 2.05) is 45.9 Å². The van der Waals surface area contributed by atoms with Gasteiger partial charge in [0.15, 0.2) is 0 Å². The number of nitrogens with zero attached hydrogens (tertiary/aromatic N) is 2. The van der Waals surface area contributed by atoms with E-state index in [9.17, 15) is 19.8 Å². The number of allylic oxidation sites excluding steroid dienone is 4. The smallest absolute Gasteiger partial charge is 0.338 e. The molecule has 182 valence electrons. The Bertz CT molecular complexity index is 1620. The van der Waals surface area contributed by atoms with Crippen LogP contribution in [0.5, 0.6) is 0 Å². The van der Waals surface area contributed by atoms with Crippen LogP contribution < -0.4 is 0 Å². The molecule has 5 rings (SSSR count). The number of carboxylic acid groups (broad SMARTS) is 2. The average molecular weight is 483 g/mol. The summed E-state index contributed by atoms with van der Waals surface area (Å²) in [5, 5.41) is 19.9. The van der Waals surface area contributed by atoms with Crippen LogP contribution in [0, 0.1) is 13.8 Å². The van der Waals surface area contributed by atoms with Crippen molar-refractivity contribution in [2.24, 2.45) is 0 Å². The van der Waals surface area contributed by atoms with Crippen molar-refractivity contribution in [1.29, 1.82) is 0 Å². The zero-order valence-corrected chi connectivity index (χ0v) is 20.9. The number of carbonyl (C=O) groups is 2. The summed E-state index contributed by atoms with van der Waals surface area (Å²) in [6.07, 6.45) is 0. The molecule has 0 saturated heterocycles. The summed E-state index contributed by atoms with van der Waals surface area (Å²) < 4.78 is 0. The van der Waals surface area contributed by atoms with Gasteiger partial charge in [-0.2, -0.15) is 0 Å². The first-order valence-electron chi connectivity index (χ1n) is 11.6. The highest BCUT2D eigenvalue weighted by Gasteiger charge is 2.21. The molecule has 2 aliphatic heterocycles. The minimum Gasteiger partial charge on any atom is -0.478 e. The van der Waals surface area contributed by atoms with Gasteiger partial charge in [0.2, 0.25) is 0 Å². The molecular weight excluding hydrogens is 456 g/mol. The molecule has 8 bridgehead atoms. The normalized spacial score (nSPS) is 13.5. The summed E-state index contributed by atoms with van der Waals surface area (Å²) in [4.78, 5) is 40.4. The lowest BCUT2D eigenvalue weighted by atomic mass is 10.1. The van der Waals surface area contributed by atoms with Crippen LogP contribution in [0.15, 0.2) is 24.3 Å². The van der Waals surface area contributed by atoms with E-state index < -0.39 is 11.9 Å². The maximum atomic E-state index is 12.2. The molecule has 0 fully saturated rings. The van der Waals surface area contributed by atoms with E-state index in [4.69, 9.17) is 9.97 Å². The van der Waals surface area contributed by atoms with Gasteiger partial charge in [0.25, 0.3) is 0 Å². The predicted octanol–water partition coefficient (Wildman–Crippen LogP) is 6.23. The first-order chi connectivity index (χ1) is 17.0. The van der Waals surface area contributed by atoms with Crippen LogP contribution in [0.3, 0.4) is 0 Å². The monoisotopic (exact) mass is 482 g/mol. The molecule has 36 heavy (non-hydrogen) atoms. The molecule has 0 spiro atoms. The van der Waals surface area contributed by atoms with Crippen molar-refractivity contribution in [1.82, 2.24) is 19.9 Å². The van der Waals surface area contributed by atoms with E-state index in [2.05, 4.69) is 9.97 Å². The first kappa shape index (κ1) is 23.3. The van der Waals surface area contributed by atoms with Crippen LogP contribution in [0.1, 0.15) is 82.3 Å². The summed E-state index contributed by atoms with van der Waals surface area (Å²) in [6, 6.07) is 7.18. The molecule has 0 amide bonds. The van der Waals surface area contributed by atoms with Gasteiger partial charge in [-0.25, -0.2) is 19.6 Å². The highest BCUT2D eigenvalue weighted by Crippen LogP contribution is 2.34. The summed E-state index contributed by atoms with van der Waals surface area (Å²) in [5.74, 6) is -2.20. The fraction of sp³-hybridized carbons (Fsp3) is 0.214. The second-order valence-electron chi connectivity index (χ2n) is 9.36. The highest BCUT2D eigenvalue weighted by atomic mass is 16.4. The van der Waals surface area contributed by atoms with E-state index in [1.165, 1.54) is 0 Å². The number of aromatic amines is 2. The van der Waals surface area contributed by atoms with E-state index >= 15 is 0 Å². The Labute approximate surface area is 207 Å². The lowest BCUT2D eigenvalue weighted by molar-refractivity contribution is 0.0688. The van der Waals surface area contributed by atoms with Crippen LogP contribution in [-0.4, -0.2) is 42.1 Å². The number of H-pyrrole nitrogens is 2. The van der Waals surface area contributed by atoms with Gasteiger partial charge in [-0.15, -0.1) is 0 Å². The third-order valence-electron chi connectivity index (χ3n) is 7.33. The summed E-state index contributed by atoms with van der Waals surface area (Å²) in [7, 11) is 0. The number of aromatic nitrogens is 4. The molecule has 0 aliphatic carbocycles. The van der Waals surface area contributed by atoms with E-state index in [0.29, 0.717) is 33.2 Å². The molecule has 8 heteroatoms. The van der Waals surface area contributed by atoms with Gasteiger partial charge >= 0.3 is 11.9 Å². The SMILES string of the molecule is CC1=C(C)c2cc3[nH]c(cc4[nH]c(cc5nc(cc1n2)C(C)=C5C)c(C)c4C(=O)O)c(C(=O)O)c3C. The number of rotatable bonds is 2. The topological polar surface area (TPSA) is 132 Å². The van der Waals surface area contributed by atoms with Crippen LogP contribution in [-0.2, 0) is 0 Å². The molecule has 2 aliphatic rings. The molecule has 0 saturated carbocycles. The van der Waals surface area contributed by atoms with Gasteiger partial charge < -0.3 is 20.2 Å². The summed E-state index contributed by atoms with van der Waals surface area (Å²) in [5.41, 5.74) is 10.2. The van der Waals surface area contributed by atoms with Crippen LogP contribution >= 0.6 is 0 Å². The third kappa shape index (κ3) is 3.45. The van der Waals surface area contributed by atoms with E-state index in [0.717, 1.165) is 45.1 Å². The Morgan fingerprint density at radius 2 is 0.889 bits per heavy atom. The third-order valence-corrected chi connectivity index (χ3v) is 7.33. The van der Waals surface area contributed by atoms with Crippen molar-refractivity contribution in [3.8, 4) is 0 Å². The van der Waals surface area contributed by atoms with Crippen molar-refractivity contribution in [2.75, 3.05) is 0 Å². The standard InChI is InChI=1S/C28H26N4O4/c1-11-13(3)19-8-21-15(5)25(27(33)34)23(31-21)10-24-26(28(35)36)16(6)22(32-24)9-20-14(4)12(2)18(30-20)7-17(11)29-19/h7-10,31-32H,1-6H3,(H,33,34)(H,35,36). The molecule has 0 radical (unpaired) electrons. The Hall–Kier alpha value is -4.46. The molecule has 5 heterocycles. The number of nitrogens with one attached hydrogen (secondary N) is 2. The fourth-order valence-corrected chi connectivity index (χ4v) is 4.81. The molecule has 3 aromatic rings. The Kier molecular flexibility index (Phi) is 5.21. The quantitative estimate of drug-likeness (QED) is 0.342. The Morgan fingerprint density at radius 3 is 1.22 bits per heavy atom. The van der Waals surface area contributed by atoms with E-state index in [-0.39, 0.29) is 11.1 Å². The van der Waals surface area contributed by atoms with Gasteiger partial charge in [-0.1, -0.05) is 0 Å². The Balaban J connectivity index is 2.04. The van der Waals surface area contributed by atoms with Crippen LogP contribution in [0.4, 0.5) is 0 Å².